The van der Waals surface area contributed by atoms with Crippen LogP contribution in [0.25, 0.3) is 0 Å². The molecule has 0 radical (unpaired) electrons. The van der Waals surface area contributed by atoms with Gasteiger partial charge in [-0.2, -0.15) is 0 Å². The molecule has 0 saturated heterocycles. The van der Waals surface area contributed by atoms with Crippen molar-refractivity contribution in [2.75, 3.05) is 0 Å². The Balaban J connectivity index is 2.37. The zero-order valence-electron chi connectivity index (χ0n) is 4.30. The van der Waals surface area contributed by atoms with Crippen LogP contribution in [0.2, 0.25) is 0 Å². The second kappa shape index (κ2) is 1.94. The van der Waals surface area contributed by atoms with Gasteiger partial charge in [0, 0.05) is 5.38 Å². The van der Waals surface area contributed by atoms with Gasteiger partial charge < -0.3 is 5.11 Å². The number of carboxylic acid groups (broad SMARTS) is 1. The van der Waals surface area contributed by atoms with Gasteiger partial charge in [-0.3, -0.25) is 4.79 Å². The van der Waals surface area contributed by atoms with Crippen molar-refractivity contribution < 1.29 is 9.90 Å². The van der Waals surface area contributed by atoms with E-state index in [1.54, 1.807) is 0 Å². The Kier molecular flexibility index (Phi) is 1.43. The molecule has 2 nitrogen and oxygen atoms in total. The van der Waals surface area contributed by atoms with Gasteiger partial charge in [0.15, 0.2) is 0 Å². The first-order valence-corrected chi connectivity index (χ1v) is 3.02. The Labute approximate surface area is 52.5 Å². The Bertz CT molecular complexity index is 113. The van der Waals surface area contributed by atoms with Crippen molar-refractivity contribution in [2.24, 2.45) is 5.92 Å². The summed E-state index contributed by atoms with van der Waals surface area (Å²) in [6, 6.07) is 0. The smallest absolute Gasteiger partial charge is 0.307 e. The minimum absolute atomic E-state index is 0.104. The lowest BCUT2D eigenvalue weighted by molar-refractivity contribution is -0.144. The van der Waals surface area contributed by atoms with E-state index in [4.69, 9.17) is 16.7 Å². The van der Waals surface area contributed by atoms with Crippen LogP contribution in [0, 0.1) is 5.92 Å². The third kappa shape index (κ3) is 0.802. The van der Waals surface area contributed by atoms with E-state index in [0.717, 1.165) is 12.8 Å². The first-order chi connectivity index (χ1) is 3.72. The zero-order valence-corrected chi connectivity index (χ0v) is 5.06. The van der Waals surface area contributed by atoms with Crippen LogP contribution in [0.3, 0.4) is 0 Å². The first kappa shape index (κ1) is 5.89. The highest BCUT2D eigenvalue weighted by molar-refractivity contribution is 6.22. The summed E-state index contributed by atoms with van der Waals surface area (Å²) in [5, 5.41) is 8.22. The van der Waals surface area contributed by atoms with Gasteiger partial charge in [-0.1, -0.05) is 0 Å². The molecule has 0 spiro atoms. The molecule has 0 aliphatic heterocycles. The van der Waals surface area contributed by atoms with E-state index in [1.165, 1.54) is 0 Å². The van der Waals surface area contributed by atoms with Crippen molar-refractivity contribution in [1.82, 2.24) is 0 Å². The maximum absolute atomic E-state index is 10.1. The summed E-state index contributed by atoms with van der Waals surface area (Å²) in [5.74, 6) is -1.02. The van der Waals surface area contributed by atoms with E-state index in [1.807, 2.05) is 0 Å². The fraction of sp³-hybridized carbons (Fsp3) is 0.800. The second-order valence-corrected chi connectivity index (χ2v) is 2.60. The van der Waals surface area contributed by atoms with Crippen molar-refractivity contribution >= 4 is 17.6 Å². The third-order valence-electron chi connectivity index (χ3n) is 1.51. The molecule has 2 atom stereocenters. The van der Waals surface area contributed by atoms with Crippen LogP contribution >= 0.6 is 11.6 Å². The van der Waals surface area contributed by atoms with Crippen molar-refractivity contribution in [3.8, 4) is 0 Å². The second-order valence-electron chi connectivity index (χ2n) is 2.04. The van der Waals surface area contributed by atoms with E-state index in [2.05, 4.69) is 0 Å². The largest absolute Gasteiger partial charge is 0.481 e. The minimum Gasteiger partial charge on any atom is -0.481 e. The van der Waals surface area contributed by atoms with Crippen LogP contribution in [-0.2, 0) is 4.79 Å². The molecule has 1 aliphatic rings. The minimum atomic E-state index is -0.753. The molecular formula is C5H7ClO2. The standard InChI is InChI=1S/C5H7ClO2/c6-4-2-1-3(4)5(7)8/h3-4H,1-2H2,(H,7,8). The Hall–Kier alpha value is -0.240. The molecule has 0 amide bonds. The van der Waals surface area contributed by atoms with Gasteiger partial charge in [0.2, 0.25) is 0 Å². The molecule has 2 unspecified atom stereocenters. The monoisotopic (exact) mass is 134 g/mol. The van der Waals surface area contributed by atoms with Gasteiger partial charge in [0.25, 0.3) is 0 Å². The number of aliphatic carboxylic acids is 1. The Morgan fingerprint density at radius 3 is 2.25 bits per heavy atom. The van der Waals surface area contributed by atoms with Crippen molar-refractivity contribution in [1.29, 1.82) is 0 Å². The fourth-order valence-corrected chi connectivity index (χ4v) is 1.10. The lowest BCUT2D eigenvalue weighted by Gasteiger charge is -2.27. The highest BCUT2D eigenvalue weighted by Gasteiger charge is 2.34. The van der Waals surface area contributed by atoms with Crippen LogP contribution in [0.15, 0.2) is 0 Å². The van der Waals surface area contributed by atoms with Gasteiger partial charge >= 0.3 is 5.97 Å². The maximum atomic E-state index is 10.1. The number of halogens is 1. The number of hydrogen-bond donors (Lipinski definition) is 1. The van der Waals surface area contributed by atoms with E-state index in [0.29, 0.717) is 0 Å². The normalized spacial score (nSPS) is 36.1. The lowest BCUT2D eigenvalue weighted by atomic mass is 9.85. The molecule has 1 rings (SSSR count). The lowest BCUT2D eigenvalue weighted by Crippen LogP contribution is -2.33. The predicted molar refractivity (Wildman–Crippen MR) is 30.0 cm³/mol. The number of carbonyl (C=O) groups is 1. The summed E-state index contributed by atoms with van der Waals surface area (Å²) in [6.45, 7) is 0. The highest BCUT2D eigenvalue weighted by atomic mass is 35.5. The highest BCUT2D eigenvalue weighted by Crippen LogP contribution is 2.32. The topological polar surface area (TPSA) is 37.3 Å². The van der Waals surface area contributed by atoms with E-state index >= 15 is 0 Å². The van der Waals surface area contributed by atoms with Gasteiger partial charge in [0.05, 0.1) is 5.92 Å². The van der Waals surface area contributed by atoms with Crippen molar-refractivity contribution in [3.63, 3.8) is 0 Å². The molecule has 1 aliphatic carbocycles. The van der Waals surface area contributed by atoms with Gasteiger partial charge in [-0.15, -0.1) is 11.6 Å². The number of carboxylic acids is 1. The summed E-state index contributed by atoms with van der Waals surface area (Å²) < 4.78 is 0. The van der Waals surface area contributed by atoms with Gasteiger partial charge in [0.1, 0.15) is 0 Å². The maximum Gasteiger partial charge on any atom is 0.307 e. The summed E-state index contributed by atoms with van der Waals surface area (Å²) in [4.78, 5) is 10.1. The molecule has 1 saturated carbocycles. The molecule has 0 aromatic rings. The SMILES string of the molecule is O=C(O)C1CCC1Cl. The molecule has 0 aromatic heterocycles. The van der Waals surface area contributed by atoms with Gasteiger partial charge in [-0.25, -0.2) is 0 Å². The van der Waals surface area contributed by atoms with E-state index in [-0.39, 0.29) is 11.3 Å². The molecule has 3 heteroatoms. The van der Waals surface area contributed by atoms with Crippen molar-refractivity contribution in [2.45, 2.75) is 18.2 Å². The molecule has 1 N–H and O–H groups in total. The summed E-state index contributed by atoms with van der Waals surface area (Å²) in [5.41, 5.74) is 0. The van der Waals surface area contributed by atoms with E-state index in [9.17, 15) is 4.79 Å². The predicted octanol–water partition coefficient (Wildman–Crippen LogP) is 1.09. The van der Waals surface area contributed by atoms with Crippen molar-refractivity contribution in [3.05, 3.63) is 0 Å². The van der Waals surface area contributed by atoms with Crippen LogP contribution < -0.4 is 0 Å². The summed E-state index contributed by atoms with van der Waals surface area (Å²) in [6.07, 6.45) is 1.61. The van der Waals surface area contributed by atoms with Gasteiger partial charge in [-0.05, 0) is 12.8 Å². The molecule has 46 valence electrons. The van der Waals surface area contributed by atoms with Crippen LogP contribution in [0.5, 0.6) is 0 Å². The quantitative estimate of drug-likeness (QED) is 0.545. The molecule has 1 fully saturated rings. The summed E-state index contributed by atoms with van der Waals surface area (Å²) >= 11 is 5.53. The van der Waals surface area contributed by atoms with Crippen LogP contribution in [0.4, 0.5) is 0 Å². The summed E-state index contributed by atoms with van der Waals surface area (Å²) in [7, 11) is 0. The Morgan fingerprint density at radius 2 is 2.25 bits per heavy atom. The third-order valence-corrected chi connectivity index (χ3v) is 2.03. The van der Waals surface area contributed by atoms with E-state index < -0.39 is 5.97 Å². The molecule has 0 heterocycles. The van der Waals surface area contributed by atoms with Crippen LogP contribution in [-0.4, -0.2) is 16.5 Å². The fourth-order valence-electron chi connectivity index (χ4n) is 0.738. The van der Waals surface area contributed by atoms with Crippen LogP contribution in [0.1, 0.15) is 12.8 Å². The molecular weight excluding hydrogens is 128 g/mol. The molecule has 0 aromatic carbocycles. The zero-order chi connectivity index (χ0) is 6.15. The average molecular weight is 135 g/mol. The first-order valence-electron chi connectivity index (χ1n) is 2.58. The number of hydrogen-bond acceptors (Lipinski definition) is 1. The molecule has 8 heavy (non-hydrogen) atoms. The number of rotatable bonds is 1. The average Bonchev–Trinajstić information content (AvgIpc) is 1.61. The Morgan fingerprint density at radius 1 is 1.62 bits per heavy atom. The molecule has 0 bridgehead atoms. The number of alkyl halides is 1.